The Morgan fingerprint density at radius 1 is 1.44 bits per heavy atom. The Hall–Kier alpha value is -1.08. The molecule has 2 rings (SSSR count). The van der Waals surface area contributed by atoms with Crippen LogP contribution >= 0.6 is 0 Å². The standard InChI is InChI=1S/C14H23N3O/c1-2-11(5-6-15)17-14(18)9-10-7-12-3-4-13(8-10)16-12/h10-13,16H,2-5,7-9H2,1H3,(H,17,18). The number of carbonyl (C=O) groups excluding carboxylic acids is 1. The summed E-state index contributed by atoms with van der Waals surface area (Å²) in [5.74, 6) is 0.659. The molecule has 18 heavy (non-hydrogen) atoms. The molecule has 1 amide bonds. The van der Waals surface area contributed by atoms with Crippen LogP contribution in [-0.4, -0.2) is 24.0 Å². The van der Waals surface area contributed by atoms with Gasteiger partial charge in [-0.15, -0.1) is 0 Å². The summed E-state index contributed by atoms with van der Waals surface area (Å²) in [4.78, 5) is 11.9. The Morgan fingerprint density at radius 3 is 2.67 bits per heavy atom. The van der Waals surface area contributed by atoms with Crippen LogP contribution in [0.1, 0.15) is 51.9 Å². The zero-order chi connectivity index (χ0) is 13.0. The second kappa shape index (κ2) is 6.19. The summed E-state index contributed by atoms with van der Waals surface area (Å²) in [6, 6.07) is 3.44. The molecular weight excluding hydrogens is 226 g/mol. The third kappa shape index (κ3) is 3.46. The van der Waals surface area contributed by atoms with Gasteiger partial charge >= 0.3 is 0 Å². The van der Waals surface area contributed by atoms with Crippen LogP contribution in [0.2, 0.25) is 0 Å². The molecular formula is C14H23N3O. The van der Waals surface area contributed by atoms with Gasteiger partial charge in [-0.3, -0.25) is 4.79 Å². The zero-order valence-electron chi connectivity index (χ0n) is 11.1. The highest BCUT2D eigenvalue weighted by molar-refractivity contribution is 5.76. The van der Waals surface area contributed by atoms with Crippen LogP contribution in [0, 0.1) is 17.2 Å². The number of nitrogens with one attached hydrogen (secondary N) is 2. The van der Waals surface area contributed by atoms with Gasteiger partial charge in [-0.25, -0.2) is 0 Å². The van der Waals surface area contributed by atoms with Crippen LogP contribution in [-0.2, 0) is 4.79 Å². The number of carbonyl (C=O) groups is 1. The van der Waals surface area contributed by atoms with Crippen LogP contribution in [0.4, 0.5) is 0 Å². The Morgan fingerprint density at radius 2 is 2.11 bits per heavy atom. The minimum absolute atomic E-state index is 0.0286. The molecule has 2 heterocycles. The molecule has 0 aromatic heterocycles. The van der Waals surface area contributed by atoms with Gasteiger partial charge in [0, 0.05) is 24.5 Å². The first-order chi connectivity index (χ1) is 8.71. The van der Waals surface area contributed by atoms with Gasteiger partial charge in [0.05, 0.1) is 12.5 Å². The lowest BCUT2D eigenvalue weighted by Gasteiger charge is -2.29. The quantitative estimate of drug-likeness (QED) is 0.779. The van der Waals surface area contributed by atoms with Gasteiger partial charge in [0.15, 0.2) is 0 Å². The molecule has 4 nitrogen and oxygen atoms in total. The maximum Gasteiger partial charge on any atom is 0.220 e. The van der Waals surface area contributed by atoms with Gasteiger partial charge in [-0.1, -0.05) is 6.92 Å². The monoisotopic (exact) mass is 249 g/mol. The average molecular weight is 249 g/mol. The van der Waals surface area contributed by atoms with Crippen molar-refractivity contribution in [2.24, 2.45) is 5.92 Å². The summed E-state index contributed by atoms with van der Waals surface area (Å²) in [7, 11) is 0. The summed E-state index contributed by atoms with van der Waals surface area (Å²) >= 11 is 0. The fraction of sp³-hybridized carbons (Fsp3) is 0.857. The third-order valence-corrected chi connectivity index (χ3v) is 4.24. The van der Waals surface area contributed by atoms with E-state index in [9.17, 15) is 4.79 Å². The first kappa shape index (κ1) is 13.4. The third-order valence-electron chi connectivity index (χ3n) is 4.24. The van der Waals surface area contributed by atoms with Crippen molar-refractivity contribution in [1.29, 1.82) is 5.26 Å². The highest BCUT2D eigenvalue weighted by Crippen LogP contribution is 2.32. The second-order valence-electron chi connectivity index (χ2n) is 5.71. The molecule has 0 spiro atoms. The normalized spacial score (nSPS) is 31.7. The van der Waals surface area contributed by atoms with Crippen LogP contribution in [0.3, 0.4) is 0 Å². The van der Waals surface area contributed by atoms with Crippen LogP contribution < -0.4 is 10.6 Å². The molecule has 2 bridgehead atoms. The Bertz CT molecular complexity index is 324. The number of fused-ring (bicyclic) bond motifs is 2. The van der Waals surface area contributed by atoms with E-state index in [0.29, 0.717) is 30.8 Å². The van der Waals surface area contributed by atoms with E-state index in [0.717, 1.165) is 19.3 Å². The van der Waals surface area contributed by atoms with Gasteiger partial charge in [0.2, 0.25) is 5.91 Å². The van der Waals surface area contributed by atoms with Crippen molar-refractivity contribution in [2.75, 3.05) is 0 Å². The summed E-state index contributed by atoms with van der Waals surface area (Å²) in [5.41, 5.74) is 0. The number of nitriles is 1. The largest absolute Gasteiger partial charge is 0.352 e. The molecule has 2 aliphatic heterocycles. The van der Waals surface area contributed by atoms with Crippen molar-refractivity contribution in [3.63, 3.8) is 0 Å². The molecule has 0 aliphatic carbocycles. The molecule has 4 heteroatoms. The predicted molar refractivity (Wildman–Crippen MR) is 69.7 cm³/mol. The highest BCUT2D eigenvalue weighted by atomic mass is 16.1. The number of hydrogen-bond donors (Lipinski definition) is 2. The SMILES string of the molecule is CCC(CC#N)NC(=O)CC1CC2CCC(C1)N2. The van der Waals surface area contributed by atoms with Gasteiger partial charge in [0.25, 0.3) is 0 Å². The van der Waals surface area contributed by atoms with Crippen molar-refractivity contribution in [1.82, 2.24) is 10.6 Å². The van der Waals surface area contributed by atoms with Gasteiger partial charge in [-0.2, -0.15) is 5.26 Å². The van der Waals surface area contributed by atoms with E-state index in [1.165, 1.54) is 12.8 Å². The molecule has 0 aromatic rings. The van der Waals surface area contributed by atoms with Gasteiger partial charge in [-0.05, 0) is 38.0 Å². The smallest absolute Gasteiger partial charge is 0.220 e. The van der Waals surface area contributed by atoms with Crippen molar-refractivity contribution < 1.29 is 4.79 Å². The number of rotatable bonds is 5. The maximum atomic E-state index is 11.9. The van der Waals surface area contributed by atoms with Crippen LogP contribution in [0.5, 0.6) is 0 Å². The zero-order valence-corrected chi connectivity index (χ0v) is 11.1. The van der Waals surface area contributed by atoms with E-state index in [-0.39, 0.29) is 11.9 Å². The first-order valence-corrected chi connectivity index (χ1v) is 7.13. The molecule has 3 unspecified atom stereocenters. The molecule has 100 valence electrons. The maximum absolute atomic E-state index is 11.9. The fourth-order valence-corrected chi connectivity index (χ4v) is 3.30. The lowest BCUT2D eigenvalue weighted by molar-refractivity contribution is -0.123. The van der Waals surface area contributed by atoms with Crippen molar-refractivity contribution in [3.05, 3.63) is 0 Å². The Labute approximate surface area is 109 Å². The Balaban J connectivity index is 1.75. The summed E-state index contributed by atoms with van der Waals surface area (Å²) in [6.45, 7) is 2.01. The lowest BCUT2D eigenvalue weighted by atomic mass is 9.89. The summed E-state index contributed by atoms with van der Waals surface area (Å²) < 4.78 is 0. The predicted octanol–water partition coefficient (Wildman–Crippen LogP) is 1.72. The van der Waals surface area contributed by atoms with Crippen LogP contribution in [0.25, 0.3) is 0 Å². The van der Waals surface area contributed by atoms with E-state index >= 15 is 0 Å². The van der Waals surface area contributed by atoms with Crippen molar-refractivity contribution >= 4 is 5.91 Å². The molecule has 2 saturated heterocycles. The first-order valence-electron chi connectivity index (χ1n) is 7.13. The minimum Gasteiger partial charge on any atom is -0.352 e. The van der Waals surface area contributed by atoms with E-state index in [4.69, 9.17) is 5.26 Å². The highest BCUT2D eigenvalue weighted by Gasteiger charge is 2.34. The number of nitrogens with zero attached hydrogens (tertiary/aromatic N) is 1. The van der Waals surface area contributed by atoms with E-state index in [1.807, 2.05) is 6.92 Å². The molecule has 2 aliphatic rings. The van der Waals surface area contributed by atoms with E-state index < -0.39 is 0 Å². The van der Waals surface area contributed by atoms with Gasteiger partial charge in [0.1, 0.15) is 0 Å². The minimum atomic E-state index is 0.0286. The number of hydrogen-bond acceptors (Lipinski definition) is 3. The van der Waals surface area contributed by atoms with Gasteiger partial charge < -0.3 is 10.6 Å². The number of amides is 1. The molecule has 0 radical (unpaired) electrons. The topological polar surface area (TPSA) is 64.9 Å². The average Bonchev–Trinajstić information content (AvgIpc) is 2.68. The Kier molecular flexibility index (Phi) is 4.60. The summed E-state index contributed by atoms with van der Waals surface area (Å²) in [6.07, 6.45) is 6.70. The summed E-state index contributed by atoms with van der Waals surface area (Å²) in [5, 5.41) is 15.2. The van der Waals surface area contributed by atoms with Crippen LogP contribution in [0.15, 0.2) is 0 Å². The van der Waals surface area contributed by atoms with Crippen molar-refractivity contribution in [2.45, 2.75) is 70.0 Å². The molecule has 3 atom stereocenters. The molecule has 2 fully saturated rings. The molecule has 0 aromatic carbocycles. The van der Waals surface area contributed by atoms with E-state index in [1.54, 1.807) is 0 Å². The molecule has 2 N–H and O–H groups in total. The van der Waals surface area contributed by atoms with Crippen molar-refractivity contribution in [3.8, 4) is 6.07 Å². The fourth-order valence-electron chi connectivity index (χ4n) is 3.30. The molecule has 0 saturated carbocycles. The van der Waals surface area contributed by atoms with E-state index in [2.05, 4.69) is 16.7 Å². The second-order valence-corrected chi connectivity index (χ2v) is 5.71. The lowest BCUT2D eigenvalue weighted by Crippen LogP contribution is -2.41. The number of piperidine rings is 1.